The van der Waals surface area contributed by atoms with Gasteiger partial charge in [-0.25, -0.2) is 9.59 Å². The maximum atomic E-state index is 12.4. The minimum Gasteiger partial charge on any atom is -0.484 e. The zero-order valence-corrected chi connectivity index (χ0v) is 18.4. The molecule has 0 aliphatic carbocycles. The summed E-state index contributed by atoms with van der Waals surface area (Å²) in [6, 6.07) is 6.53. The summed E-state index contributed by atoms with van der Waals surface area (Å²) < 4.78 is 20.4. The van der Waals surface area contributed by atoms with Crippen molar-refractivity contribution in [3.8, 4) is 5.75 Å². The van der Waals surface area contributed by atoms with Crippen molar-refractivity contribution in [3.63, 3.8) is 0 Å². The molecule has 1 heterocycles. The third-order valence-corrected chi connectivity index (χ3v) is 5.21. The zero-order valence-electron chi connectivity index (χ0n) is 16.8. The highest BCUT2D eigenvalue weighted by Crippen LogP contribution is 2.34. The minimum absolute atomic E-state index is 0.0675. The number of nitrogens with one attached hydrogen (secondary N) is 1. The Morgan fingerprint density at radius 1 is 1.07 bits per heavy atom. The molecule has 0 saturated carbocycles. The Morgan fingerprint density at radius 3 is 2.40 bits per heavy atom. The number of ether oxygens (including phenoxy) is 4. The Kier molecular flexibility index (Phi) is 9.10. The lowest BCUT2D eigenvalue weighted by atomic mass is 10.1. The maximum Gasteiger partial charge on any atom is 0.348 e. The molecule has 1 amide bonds. The average molecular weight is 456 g/mol. The number of esters is 2. The number of anilines is 1. The number of rotatable bonds is 10. The number of hydrogen-bond donors (Lipinski definition) is 1. The third kappa shape index (κ3) is 6.45. The first-order valence-corrected chi connectivity index (χ1v) is 10.2. The summed E-state index contributed by atoms with van der Waals surface area (Å²) in [7, 11) is 1.49. The predicted molar refractivity (Wildman–Crippen MR) is 113 cm³/mol. The van der Waals surface area contributed by atoms with Crippen LogP contribution in [0.1, 0.15) is 32.5 Å². The van der Waals surface area contributed by atoms with E-state index < -0.39 is 17.8 Å². The van der Waals surface area contributed by atoms with Crippen molar-refractivity contribution in [2.75, 3.05) is 38.9 Å². The van der Waals surface area contributed by atoms with Gasteiger partial charge in [0.1, 0.15) is 22.2 Å². The number of amides is 1. The van der Waals surface area contributed by atoms with Gasteiger partial charge in [0.25, 0.3) is 5.91 Å². The van der Waals surface area contributed by atoms with Crippen molar-refractivity contribution in [2.45, 2.75) is 13.8 Å². The van der Waals surface area contributed by atoms with E-state index in [0.717, 1.165) is 11.3 Å². The Morgan fingerprint density at radius 2 is 1.77 bits per heavy atom. The van der Waals surface area contributed by atoms with E-state index >= 15 is 0 Å². The van der Waals surface area contributed by atoms with Crippen LogP contribution in [0.3, 0.4) is 0 Å². The second kappa shape index (κ2) is 11.5. The standard InChI is InChI=1S/C20H22ClNO7S/c1-4-27-19(24)16-12(2)17(20(25)28-10-9-26-3)30-18(16)22-15(23)11-29-14-7-5-13(21)6-8-14/h5-8H,4,9-11H2,1-3H3,(H,22,23). The molecule has 0 unspecified atom stereocenters. The number of carbonyl (C=O) groups excluding carboxylic acids is 3. The van der Waals surface area contributed by atoms with Gasteiger partial charge in [-0.15, -0.1) is 11.3 Å². The van der Waals surface area contributed by atoms with Gasteiger partial charge in [-0.2, -0.15) is 0 Å². The number of carbonyl (C=O) groups is 3. The molecule has 0 radical (unpaired) electrons. The van der Waals surface area contributed by atoms with Crippen LogP contribution in [0.4, 0.5) is 5.00 Å². The molecule has 162 valence electrons. The molecule has 8 nitrogen and oxygen atoms in total. The van der Waals surface area contributed by atoms with Crippen LogP contribution in [-0.2, 0) is 19.0 Å². The lowest BCUT2D eigenvalue weighted by Crippen LogP contribution is -2.21. The Bertz CT molecular complexity index is 895. The van der Waals surface area contributed by atoms with E-state index in [-0.39, 0.29) is 41.9 Å². The first kappa shape index (κ1) is 23.7. The van der Waals surface area contributed by atoms with Crippen LogP contribution < -0.4 is 10.1 Å². The zero-order chi connectivity index (χ0) is 22.1. The van der Waals surface area contributed by atoms with Crippen LogP contribution in [-0.4, -0.2) is 51.4 Å². The molecule has 10 heteroatoms. The molecule has 1 N–H and O–H groups in total. The molecule has 0 fully saturated rings. The SMILES string of the molecule is CCOC(=O)c1c(NC(=O)COc2ccc(Cl)cc2)sc(C(=O)OCCOC)c1C. The average Bonchev–Trinajstić information content (AvgIpc) is 3.03. The lowest BCUT2D eigenvalue weighted by Gasteiger charge is -2.08. The maximum absolute atomic E-state index is 12.4. The molecule has 2 rings (SSSR count). The van der Waals surface area contributed by atoms with Gasteiger partial charge in [-0.05, 0) is 43.7 Å². The van der Waals surface area contributed by atoms with Gasteiger partial charge >= 0.3 is 11.9 Å². The van der Waals surface area contributed by atoms with Crippen LogP contribution in [0.25, 0.3) is 0 Å². The second-order valence-corrected chi connectivity index (χ2v) is 7.36. The molecular weight excluding hydrogens is 434 g/mol. The van der Waals surface area contributed by atoms with Crippen molar-refractivity contribution in [3.05, 3.63) is 45.3 Å². The number of halogens is 1. The van der Waals surface area contributed by atoms with Crippen molar-refractivity contribution in [1.82, 2.24) is 0 Å². The number of hydrogen-bond acceptors (Lipinski definition) is 8. The van der Waals surface area contributed by atoms with E-state index in [2.05, 4.69) is 5.32 Å². The highest BCUT2D eigenvalue weighted by Gasteiger charge is 2.27. The highest BCUT2D eigenvalue weighted by atomic mass is 35.5. The molecular formula is C20H22ClNO7S. The van der Waals surface area contributed by atoms with Crippen LogP contribution >= 0.6 is 22.9 Å². The molecule has 1 aromatic carbocycles. The fraction of sp³-hybridized carbons (Fsp3) is 0.350. The number of methoxy groups -OCH3 is 1. The van der Waals surface area contributed by atoms with Crippen LogP contribution in [0.5, 0.6) is 5.75 Å². The van der Waals surface area contributed by atoms with Gasteiger partial charge in [-0.1, -0.05) is 11.6 Å². The first-order chi connectivity index (χ1) is 14.4. The summed E-state index contributed by atoms with van der Waals surface area (Å²) in [4.78, 5) is 37.3. The molecule has 0 saturated heterocycles. The summed E-state index contributed by atoms with van der Waals surface area (Å²) in [6.07, 6.45) is 0. The molecule has 2 aromatic rings. The van der Waals surface area contributed by atoms with Crippen molar-refractivity contribution in [1.29, 1.82) is 0 Å². The summed E-state index contributed by atoms with van der Waals surface area (Å²) in [5, 5.41) is 3.35. The van der Waals surface area contributed by atoms with Gasteiger partial charge < -0.3 is 24.3 Å². The van der Waals surface area contributed by atoms with Gasteiger partial charge in [0, 0.05) is 12.1 Å². The summed E-state index contributed by atoms with van der Waals surface area (Å²) in [5.41, 5.74) is 0.482. The molecule has 1 aromatic heterocycles. The number of benzene rings is 1. The fourth-order valence-electron chi connectivity index (χ4n) is 2.37. The molecule has 0 aliphatic heterocycles. The van der Waals surface area contributed by atoms with Gasteiger partial charge in [0.2, 0.25) is 0 Å². The van der Waals surface area contributed by atoms with E-state index in [9.17, 15) is 14.4 Å². The summed E-state index contributed by atoms with van der Waals surface area (Å²) in [6.45, 7) is 3.42. The Labute approximate surface area is 183 Å². The predicted octanol–water partition coefficient (Wildman–Crippen LogP) is 3.71. The van der Waals surface area contributed by atoms with Crippen LogP contribution in [0.15, 0.2) is 24.3 Å². The third-order valence-electron chi connectivity index (χ3n) is 3.77. The van der Waals surface area contributed by atoms with Crippen molar-refractivity contribution in [2.24, 2.45) is 0 Å². The van der Waals surface area contributed by atoms with Gasteiger partial charge in [0.05, 0.1) is 18.8 Å². The summed E-state index contributed by atoms with van der Waals surface area (Å²) in [5.74, 6) is -1.30. The molecule has 0 bridgehead atoms. The molecule has 30 heavy (non-hydrogen) atoms. The second-order valence-electron chi connectivity index (χ2n) is 5.90. The highest BCUT2D eigenvalue weighted by molar-refractivity contribution is 7.18. The van der Waals surface area contributed by atoms with E-state index in [1.165, 1.54) is 7.11 Å². The first-order valence-electron chi connectivity index (χ1n) is 9.02. The monoisotopic (exact) mass is 455 g/mol. The minimum atomic E-state index is -0.642. The Balaban J connectivity index is 2.16. The Hall–Kier alpha value is -2.62. The van der Waals surface area contributed by atoms with Crippen molar-refractivity contribution < 1.29 is 33.3 Å². The molecule has 0 atom stereocenters. The van der Waals surface area contributed by atoms with Gasteiger partial charge in [-0.3, -0.25) is 4.79 Å². The van der Waals surface area contributed by atoms with E-state index in [4.69, 9.17) is 30.5 Å². The topological polar surface area (TPSA) is 100 Å². The summed E-state index contributed by atoms with van der Waals surface area (Å²) >= 11 is 6.75. The van der Waals surface area contributed by atoms with Crippen LogP contribution in [0, 0.1) is 6.92 Å². The van der Waals surface area contributed by atoms with Gasteiger partial charge in [0.15, 0.2) is 6.61 Å². The largest absolute Gasteiger partial charge is 0.484 e. The molecule has 0 spiro atoms. The van der Waals surface area contributed by atoms with Crippen molar-refractivity contribution >= 4 is 45.8 Å². The number of thiophene rings is 1. The van der Waals surface area contributed by atoms with E-state index in [0.29, 0.717) is 16.3 Å². The smallest absolute Gasteiger partial charge is 0.348 e. The lowest BCUT2D eigenvalue weighted by molar-refractivity contribution is -0.118. The molecule has 0 aliphatic rings. The van der Waals surface area contributed by atoms with Crippen LogP contribution in [0.2, 0.25) is 5.02 Å². The normalized spacial score (nSPS) is 10.4. The van der Waals surface area contributed by atoms with E-state index in [1.54, 1.807) is 38.1 Å². The quantitative estimate of drug-likeness (QED) is 0.430. The van der Waals surface area contributed by atoms with E-state index in [1.807, 2.05) is 0 Å². The fourth-order valence-corrected chi connectivity index (χ4v) is 3.60.